The molecule has 0 aliphatic carbocycles. The Kier molecular flexibility index (Phi) is 3.76. The average Bonchev–Trinajstić information content (AvgIpc) is 3.17. The zero-order valence-electron chi connectivity index (χ0n) is 13.6. The molecule has 3 rings (SSSR count). The third kappa shape index (κ3) is 2.32. The first-order valence-corrected chi connectivity index (χ1v) is 7.80. The zero-order valence-corrected chi connectivity index (χ0v) is 13.6. The Hall–Kier alpha value is -2.11. The van der Waals surface area contributed by atoms with E-state index < -0.39 is 0 Å². The molecule has 2 aromatic rings. The van der Waals surface area contributed by atoms with Crippen LogP contribution in [0.1, 0.15) is 59.3 Å². The maximum absolute atomic E-state index is 13.0. The van der Waals surface area contributed by atoms with Gasteiger partial charge in [-0.2, -0.15) is 4.98 Å². The van der Waals surface area contributed by atoms with Crippen LogP contribution in [0.25, 0.3) is 0 Å². The lowest BCUT2D eigenvalue weighted by Gasteiger charge is -2.22. The van der Waals surface area contributed by atoms with Crippen LogP contribution in [0.15, 0.2) is 10.6 Å². The van der Waals surface area contributed by atoms with Gasteiger partial charge in [-0.15, -0.1) is 0 Å². The van der Waals surface area contributed by atoms with E-state index in [-0.39, 0.29) is 11.9 Å². The summed E-state index contributed by atoms with van der Waals surface area (Å²) in [5.74, 6) is 1.23. The van der Waals surface area contributed by atoms with E-state index in [9.17, 15) is 4.79 Å². The maximum Gasteiger partial charge on any atom is 0.256 e. The second-order valence-corrected chi connectivity index (χ2v) is 5.86. The summed E-state index contributed by atoms with van der Waals surface area (Å²) in [6.45, 7) is 9.53. The molecule has 0 N–H and O–H groups in total. The number of carbonyl (C=O) groups excluding carboxylic acids is 1. The van der Waals surface area contributed by atoms with Crippen LogP contribution < -0.4 is 0 Å². The molecular weight excluding hydrogens is 280 g/mol. The Balaban J connectivity index is 1.91. The molecule has 0 bridgehead atoms. The second-order valence-electron chi connectivity index (χ2n) is 5.86. The lowest BCUT2D eigenvalue weighted by atomic mass is 10.1. The van der Waals surface area contributed by atoms with Crippen LogP contribution in [0.2, 0.25) is 0 Å². The number of carbonyl (C=O) groups is 1. The molecule has 0 spiro atoms. The number of hydrogen-bond acceptors (Lipinski definition) is 4. The van der Waals surface area contributed by atoms with E-state index in [2.05, 4.69) is 21.6 Å². The van der Waals surface area contributed by atoms with Crippen LogP contribution in [-0.4, -0.2) is 32.1 Å². The number of hydrogen-bond donors (Lipinski definition) is 0. The lowest BCUT2D eigenvalue weighted by Crippen LogP contribution is -2.31. The monoisotopic (exact) mass is 302 g/mol. The fourth-order valence-corrected chi connectivity index (χ4v) is 3.39. The summed E-state index contributed by atoms with van der Waals surface area (Å²) in [7, 11) is 0. The van der Waals surface area contributed by atoms with E-state index in [1.54, 1.807) is 6.92 Å². The quantitative estimate of drug-likeness (QED) is 0.874. The third-order valence-corrected chi connectivity index (χ3v) is 4.48. The molecule has 6 nitrogen and oxygen atoms in total. The summed E-state index contributed by atoms with van der Waals surface area (Å²) >= 11 is 0. The SMILES string of the molecule is CCn1c(C)cc(C(=O)N2CCC[C@H]2c2noc(C)n2)c1C. The highest BCUT2D eigenvalue weighted by molar-refractivity contribution is 5.96. The summed E-state index contributed by atoms with van der Waals surface area (Å²) < 4.78 is 7.24. The van der Waals surface area contributed by atoms with Crippen LogP contribution in [0.3, 0.4) is 0 Å². The van der Waals surface area contributed by atoms with Gasteiger partial charge in [-0.3, -0.25) is 4.79 Å². The van der Waals surface area contributed by atoms with Crippen molar-refractivity contribution in [2.24, 2.45) is 0 Å². The third-order valence-electron chi connectivity index (χ3n) is 4.48. The van der Waals surface area contributed by atoms with Crippen molar-refractivity contribution in [1.29, 1.82) is 0 Å². The van der Waals surface area contributed by atoms with Gasteiger partial charge in [-0.05, 0) is 39.7 Å². The minimum Gasteiger partial charge on any atom is -0.349 e. The summed E-state index contributed by atoms with van der Waals surface area (Å²) in [4.78, 5) is 19.2. The lowest BCUT2D eigenvalue weighted by molar-refractivity contribution is 0.0727. The molecule has 1 aliphatic rings. The number of aromatic nitrogens is 3. The van der Waals surface area contributed by atoms with Gasteiger partial charge in [0.05, 0.1) is 11.6 Å². The Morgan fingerprint density at radius 2 is 2.18 bits per heavy atom. The molecular formula is C16H22N4O2. The van der Waals surface area contributed by atoms with E-state index in [0.717, 1.165) is 42.9 Å². The molecule has 3 heterocycles. The van der Waals surface area contributed by atoms with Gasteiger partial charge < -0.3 is 14.0 Å². The molecule has 2 aromatic heterocycles. The summed E-state index contributed by atoms with van der Waals surface area (Å²) in [5, 5.41) is 4.00. The highest BCUT2D eigenvalue weighted by atomic mass is 16.5. The van der Waals surface area contributed by atoms with E-state index in [4.69, 9.17) is 4.52 Å². The minimum atomic E-state index is -0.0744. The number of likely N-dealkylation sites (tertiary alicyclic amines) is 1. The van der Waals surface area contributed by atoms with Gasteiger partial charge in [0, 0.05) is 31.4 Å². The van der Waals surface area contributed by atoms with Crippen molar-refractivity contribution in [1.82, 2.24) is 19.6 Å². The standard InChI is InChI=1S/C16H22N4O2/c1-5-19-10(2)9-13(11(19)3)16(21)20-8-6-7-14(20)15-17-12(4)22-18-15/h9,14H,5-8H2,1-4H3/t14-/m0/s1. The average molecular weight is 302 g/mol. The molecule has 0 unspecified atom stereocenters. The molecule has 1 atom stereocenters. The Morgan fingerprint density at radius 3 is 2.77 bits per heavy atom. The van der Waals surface area contributed by atoms with Crippen molar-refractivity contribution in [2.45, 2.75) is 53.1 Å². The van der Waals surface area contributed by atoms with Crippen molar-refractivity contribution < 1.29 is 9.32 Å². The highest BCUT2D eigenvalue weighted by Crippen LogP contribution is 2.32. The van der Waals surface area contributed by atoms with Gasteiger partial charge >= 0.3 is 0 Å². The Labute approximate surface area is 130 Å². The molecule has 1 fully saturated rings. The van der Waals surface area contributed by atoms with Crippen molar-refractivity contribution >= 4 is 5.91 Å². The van der Waals surface area contributed by atoms with E-state index in [1.807, 2.05) is 24.8 Å². The number of amides is 1. The van der Waals surface area contributed by atoms with Gasteiger partial charge in [-0.1, -0.05) is 5.16 Å². The number of nitrogens with zero attached hydrogens (tertiary/aromatic N) is 4. The van der Waals surface area contributed by atoms with Gasteiger partial charge in [0.15, 0.2) is 5.82 Å². The second kappa shape index (κ2) is 5.59. The first-order valence-electron chi connectivity index (χ1n) is 7.80. The van der Waals surface area contributed by atoms with Crippen LogP contribution >= 0.6 is 0 Å². The minimum absolute atomic E-state index is 0.0674. The summed E-state index contributed by atoms with van der Waals surface area (Å²) in [6.07, 6.45) is 1.85. The number of rotatable bonds is 3. The zero-order chi connectivity index (χ0) is 15.9. The smallest absolute Gasteiger partial charge is 0.256 e. The first kappa shape index (κ1) is 14.8. The molecule has 0 saturated carbocycles. The fourth-order valence-electron chi connectivity index (χ4n) is 3.39. The Bertz CT molecular complexity index is 701. The predicted molar refractivity (Wildman–Crippen MR) is 81.6 cm³/mol. The Morgan fingerprint density at radius 1 is 1.41 bits per heavy atom. The normalized spacial score (nSPS) is 18.2. The van der Waals surface area contributed by atoms with Crippen molar-refractivity contribution in [3.63, 3.8) is 0 Å². The molecule has 1 aliphatic heterocycles. The van der Waals surface area contributed by atoms with Crippen molar-refractivity contribution in [3.05, 3.63) is 34.7 Å². The van der Waals surface area contributed by atoms with Crippen LogP contribution in [0.5, 0.6) is 0 Å². The highest BCUT2D eigenvalue weighted by Gasteiger charge is 2.34. The maximum atomic E-state index is 13.0. The fraction of sp³-hybridized carbons (Fsp3) is 0.562. The summed E-state index contributed by atoms with van der Waals surface area (Å²) in [5.41, 5.74) is 2.93. The number of aryl methyl sites for hydroxylation is 2. The predicted octanol–water partition coefficient (Wildman–Crippen LogP) is 2.79. The molecule has 6 heteroatoms. The van der Waals surface area contributed by atoms with Gasteiger partial charge in [0.2, 0.25) is 5.89 Å². The van der Waals surface area contributed by atoms with Crippen molar-refractivity contribution in [2.75, 3.05) is 6.54 Å². The first-order chi connectivity index (χ1) is 10.5. The molecule has 118 valence electrons. The van der Waals surface area contributed by atoms with Crippen LogP contribution in [0, 0.1) is 20.8 Å². The summed E-state index contributed by atoms with van der Waals surface area (Å²) in [6, 6.07) is 1.91. The molecule has 0 radical (unpaired) electrons. The van der Waals surface area contributed by atoms with Crippen molar-refractivity contribution in [3.8, 4) is 0 Å². The van der Waals surface area contributed by atoms with Gasteiger partial charge in [0.1, 0.15) is 0 Å². The molecule has 1 saturated heterocycles. The van der Waals surface area contributed by atoms with E-state index >= 15 is 0 Å². The van der Waals surface area contributed by atoms with E-state index in [0.29, 0.717) is 11.7 Å². The van der Waals surface area contributed by atoms with Crippen LogP contribution in [0.4, 0.5) is 0 Å². The topological polar surface area (TPSA) is 64.2 Å². The van der Waals surface area contributed by atoms with Gasteiger partial charge in [-0.25, -0.2) is 0 Å². The molecule has 0 aromatic carbocycles. The van der Waals surface area contributed by atoms with Gasteiger partial charge in [0.25, 0.3) is 5.91 Å². The molecule has 22 heavy (non-hydrogen) atoms. The van der Waals surface area contributed by atoms with E-state index in [1.165, 1.54) is 0 Å². The molecule has 1 amide bonds. The largest absolute Gasteiger partial charge is 0.349 e. The van der Waals surface area contributed by atoms with Crippen LogP contribution in [-0.2, 0) is 6.54 Å².